The van der Waals surface area contributed by atoms with Gasteiger partial charge in [0, 0.05) is 35.1 Å². The maximum Gasteiger partial charge on any atom is 0.244 e. The number of nitrogens with zero attached hydrogens (tertiary/aromatic N) is 2. The van der Waals surface area contributed by atoms with Crippen molar-refractivity contribution in [3.8, 4) is 11.5 Å². The fraction of sp³-hybridized carbons (Fsp3) is 0.231. The number of Topliss-reactive ketones (excluding diaryl/α,β-unsaturated/α-hetero) is 1. The third kappa shape index (κ3) is 3.69. The quantitative estimate of drug-likeness (QED) is 0.306. The molecule has 6 rings (SSSR count). The van der Waals surface area contributed by atoms with Crippen LogP contribution in [0.4, 0.5) is 0 Å². The molecule has 5 nitrogen and oxygen atoms in total. The summed E-state index contributed by atoms with van der Waals surface area (Å²) in [5.41, 5.74) is 4.45. The van der Waals surface area contributed by atoms with E-state index in [4.69, 9.17) is 9.47 Å². The van der Waals surface area contributed by atoms with Gasteiger partial charge in [0.05, 0.1) is 13.2 Å². The Kier molecular flexibility index (Phi) is 5.47. The number of rotatable bonds is 5. The molecule has 0 saturated carbocycles. The van der Waals surface area contributed by atoms with Gasteiger partial charge in [-0.2, -0.15) is 0 Å². The highest BCUT2D eigenvalue weighted by molar-refractivity contribution is 5.99. The summed E-state index contributed by atoms with van der Waals surface area (Å²) in [5.74, 6) is 2.13. The van der Waals surface area contributed by atoms with Crippen LogP contribution >= 0.6 is 0 Å². The molecule has 162 valence electrons. The van der Waals surface area contributed by atoms with Crippen LogP contribution in [0.25, 0.3) is 10.8 Å². The van der Waals surface area contributed by atoms with Crippen molar-refractivity contribution in [1.82, 2.24) is 4.57 Å². The molecule has 0 fully saturated rings. The highest BCUT2D eigenvalue weighted by Crippen LogP contribution is 2.40. The van der Waals surface area contributed by atoms with E-state index in [0.717, 1.165) is 53.9 Å². The molecule has 0 N–H and O–H groups in total. The standard InChI is InChI=1S/C26H23N2O3.BrH/c29-24(20-6-5-18-3-1-2-4-19(18)13-20)16-28-10-9-27(17-28)15-23-22-8-12-30-25(22)14-21-7-11-31-26(21)23;/h1-6,9-10,13-14,17H,7-8,11-12,15-16H2;1H/q+1;/p-1. The summed E-state index contributed by atoms with van der Waals surface area (Å²) in [6, 6.07) is 16.2. The molecular weight excluding hydrogens is 468 g/mol. The minimum absolute atomic E-state index is 0. The molecule has 6 heteroatoms. The lowest BCUT2D eigenvalue weighted by molar-refractivity contribution is -0.687. The SMILES string of the molecule is O=C(Cn1cc[n+](Cc2c3c(cc4c2OCC4)OCC3)c1)c1ccc2ccccc2c1.[Br-]. The Hall–Kier alpha value is -3.12. The second-order valence-corrected chi connectivity index (χ2v) is 8.26. The second kappa shape index (κ2) is 8.43. The zero-order valence-electron chi connectivity index (χ0n) is 17.6. The Labute approximate surface area is 197 Å². The van der Waals surface area contributed by atoms with Gasteiger partial charge in [0.2, 0.25) is 12.1 Å². The summed E-state index contributed by atoms with van der Waals surface area (Å²) >= 11 is 0. The summed E-state index contributed by atoms with van der Waals surface area (Å²) in [7, 11) is 0. The number of benzene rings is 3. The Morgan fingerprint density at radius 1 is 1.00 bits per heavy atom. The first-order chi connectivity index (χ1) is 15.2. The van der Waals surface area contributed by atoms with E-state index >= 15 is 0 Å². The van der Waals surface area contributed by atoms with Gasteiger partial charge >= 0.3 is 0 Å². The molecule has 2 aliphatic heterocycles. The predicted octanol–water partition coefficient (Wildman–Crippen LogP) is 0.734. The molecule has 3 heterocycles. The molecule has 0 spiro atoms. The van der Waals surface area contributed by atoms with Gasteiger partial charge in [-0.05, 0) is 22.9 Å². The summed E-state index contributed by atoms with van der Waals surface area (Å²) in [6.45, 7) is 2.50. The van der Waals surface area contributed by atoms with Gasteiger partial charge in [-0.3, -0.25) is 4.79 Å². The molecule has 0 bridgehead atoms. The van der Waals surface area contributed by atoms with E-state index < -0.39 is 0 Å². The number of hydrogen-bond acceptors (Lipinski definition) is 3. The van der Waals surface area contributed by atoms with Gasteiger partial charge in [0.1, 0.15) is 30.4 Å². The second-order valence-electron chi connectivity index (χ2n) is 8.26. The number of halogens is 1. The third-order valence-electron chi connectivity index (χ3n) is 6.24. The number of carbonyl (C=O) groups is 1. The van der Waals surface area contributed by atoms with Gasteiger partial charge in [0.25, 0.3) is 0 Å². The summed E-state index contributed by atoms with van der Waals surface area (Å²) in [6.07, 6.45) is 7.83. The number of ether oxygens (including phenoxy) is 2. The van der Waals surface area contributed by atoms with Gasteiger partial charge < -0.3 is 26.5 Å². The number of aromatic nitrogens is 2. The first kappa shape index (κ1) is 20.8. The van der Waals surface area contributed by atoms with Crippen molar-refractivity contribution in [2.45, 2.75) is 25.9 Å². The average Bonchev–Trinajstić information content (AvgIpc) is 3.54. The van der Waals surface area contributed by atoms with Gasteiger partial charge in [-0.1, -0.05) is 36.4 Å². The number of fused-ring (bicyclic) bond motifs is 3. The van der Waals surface area contributed by atoms with Crippen LogP contribution in [-0.2, 0) is 25.9 Å². The average molecular weight is 491 g/mol. The van der Waals surface area contributed by atoms with Crippen molar-refractivity contribution < 1.29 is 35.8 Å². The van der Waals surface area contributed by atoms with Crippen LogP contribution in [0, 0.1) is 0 Å². The largest absolute Gasteiger partial charge is 1.00 e. The van der Waals surface area contributed by atoms with Crippen LogP contribution in [0.2, 0.25) is 0 Å². The highest BCUT2D eigenvalue weighted by Gasteiger charge is 2.27. The van der Waals surface area contributed by atoms with Crippen LogP contribution in [-0.4, -0.2) is 23.6 Å². The van der Waals surface area contributed by atoms with E-state index in [0.29, 0.717) is 13.1 Å². The fourth-order valence-electron chi connectivity index (χ4n) is 4.68. The smallest absolute Gasteiger partial charge is 0.244 e. The van der Waals surface area contributed by atoms with Crippen molar-refractivity contribution in [3.63, 3.8) is 0 Å². The maximum atomic E-state index is 12.9. The monoisotopic (exact) mass is 490 g/mol. The molecular formula is C26H23BrN2O3. The molecule has 4 aromatic rings. The fourth-order valence-corrected chi connectivity index (χ4v) is 4.68. The van der Waals surface area contributed by atoms with Crippen molar-refractivity contribution in [2.24, 2.45) is 0 Å². The Balaban J connectivity index is 0.00000216. The molecule has 1 aromatic heterocycles. The molecule has 2 aliphatic rings. The van der Waals surface area contributed by atoms with Crippen molar-refractivity contribution in [3.05, 3.63) is 89.5 Å². The van der Waals surface area contributed by atoms with E-state index in [1.165, 1.54) is 16.7 Å². The Morgan fingerprint density at radius 3 is 2.75 bits per heavy atom. The first-order valence-electron chi connectivity index (χ1n) is 10.7. The van der Waals surface area contributed by atoms with E-state index in [-0.39, 0.29) is 22.8 Å². The van der Waals surface area contributed by atoms with Crippen LogP contribution in [0.1, 0.15) is 27.0 Å². The molecule has 0 aliphatic carbocycles. The minimum atomic E-state index is 0. The van der Waals surface area contributed by atoms with Crippen molar-refractivity contribution >= 4 is 16.6 Å². The molecule has 0 amide bonds. The first-order valence-corrected chi connectivity index (χ1v) is 10.7. The Morgan fingerprint density at radius 2 is 1.84 bits per heavy atom. The lowest BCUT2D eigenvalue weighted by atomic mass is 9.99. The number of imidazole rings is 1. The Bertz CT molecular complexity index is 1300. The predicted molar refractivity (Wildman–Crippen MR) is 117 cm³/mol. The van der Waals surface area contributed by atoms with E-state index in [2.05, 4.69) is 16.7 Å². The van der Waals surface area contributed by atoms with Crippen LogP contribution < -0.4 is 31.0 Å². The van der Waals surface area contributed by atoms with Crippen molar-refractivity contribution in [1.29, 1.82) is 0 Å². The van der Waals surface area contributed by atoms with Gasteiger partial charge in [0.15, 0.2) is 6.54 Å². The number of hydrogen-bond donors (Lipinski definition) is 0. The lowest BCUT2D eigenvalue weighted by Gasteiger charge is -2.11. The maximum absolute atomic E-state index is 12.9. The third-order valence-corrected chi connectivity index (χ3v) is 6.24. The minimum Gasteiger partial charge on any atom is -1.00 e. The van der Waals surface area contributed by atoms with Crippen LogP contribution in [0.5, 0.6) is 11.5 Å². The van der Waals surface area contributed by atoms with Gasteiger partial charge in [-0.25, -0.2) is 9.13 Å². The molecule has 0 radical (unpaired) electrons. The molecule has 0 atom stereocenters. The van der Waals surface area contributed by atoms with E-state index in [9.17, 15) is 4.79 Å². The van der Waals surface area contributed by atoms with Crippen molar-refractivity contribution in [2.75, 3.05) is 13.2 Å². The number of carbonyl (C=O) groups excluding carboxylic acids is 1. The number of ketones is 1. The molecule has 0 saturated heterocycles. The van der Waals surface area contributed by atoms with Crippen LogP contribution in [0.3, 0.4) is 0 Å². The lowest BCUT2D eigenvalue weighted by Crippen LogP contribution is -3.00. The molecule has 32 heavy (non-hydrogen) atoms. The van der Waals surface area contributed by atoms with E-state index in [1.807, 2.05) is 59.7 Å². The van der Waals surface area contributed by atoms with Gasteiger partial charge in [-0.15, -0.1) is 0 Å². The van der Waals surface area contributed by atoms with Crippen LogP contribution in [0.15, 0.2) is 67.3 Å². The summed E-state index contributed by atoms with van der Waals surface area (Å²) in [4.78, 5) is 12.9. The normalized spacial score (nSPS) is 13.8. The summed E-state index contributed by atoms with van der Waals surface area (Å²) < 4.78 is 15.8. The molecule has 0 unspecified atom stereocenters. The summed E-state index contributed by atoms with van der Waals surface area (Å²) in [5, 5.41) is 2.23. The zero-order chi connectivity index (χ0) is 20.8. The molecule has 3 aromatic carbocycles. The topological polar surface area (TPSA) is 44.3 Å². The highest BCUT2D eigenvalue weighted by atomic mass is 79.9. The zero-order valence-corrected chi connectivity index (χ0v) is 19.2. The van der Waals surface area contributed by atoms with E-state index in [1.54, 1.807) is 0 Å².